The summed E-state index contributed by atoms with van der Waals surface area (Å²) in [5.74, 6) is -1.45. The SMILES string of the molecule is Cc1ccc(NC(=O)CS(=O)(=O)Cc2cccc(C#N)c2)cc1. The molecule has 2 aromatic carbocycles. The number of amides is 1. The smallest absolute Gasteiger partial charge is 0.239 e. The summed E-state index contributed by atoms with van der Waals surface area (Å²) in [5.41, 5.74) is 2.49. The zero-order valence-electron chi connectivity index (χ0n) is 12.6. The highest BCUT2D eigenvalue weighted by Gasteiger charge is 2.17. The maximum atomic E-state index is 12.1. The van der Waals surface area contributed by atoms with Gasteiger partial charge in [-0.05, 0) is 36.8 Å². The molecule has 6 heteroatoms. The summed E-state index contributed by atoms with van der Waals surface area (Å²) in [6.07, 6.45) is 0. The number of hydrogen-bond donors (Lipinski definition) is 1. The van der Waals surface area contributed by atoms with Crippen LogP contribution in [-0.4, -0.2) is 20.1 Å². The van der Waals surface area contributed by atoms with E-state index in [1.165, 1.54) is 6.07 Å². The molecule has 0 aliphatic heterocycles. The third-order valence-electron chi connectivity index (χ3n) is 3.13. The summed E-state index contributed by atoms with van der Waals surface area (Å²) in [7, 11) is -3.61. The van der Waals surface area contributed by atoms with Gasteiger partial charge in [0.05, 0.1) is 17.4 Å². The van der Waals surface area contributed by atoms with Crippen LogP contribution in [0.25, 0.3) is 0 Å². The molecular formula is C17H16N2O3S. The number of benzene rings is 2. The third kappa shape index (κ3) is 5.24. The van der Waals surface area contributed by atoms with Crippen molar-refractivity contribution in [2.75, 3.05) is 11.1 Å². The summed E-state index contributed by atoms with van der Waals surface area (Å²) in [5, 5.41) is 11.4. The number of hydrogen-bond acceptors (Lipinski definition) is 4. The Morgan fingerprint density at radius 1 is 1.17 bits per heavy atom. The van der Waals surface area contributed by atoms with Gasteiger partial charge in [-0.1, -0.05) is 29.8 Å². The molecule has 2 rings (SSSR count). The molecule has 0 aliphatic carbocycles. The highest BCUT2D eigenvalue weighted by molar-refractivity contribution is 7.91. The Labute approximate surface area is 135 Å². The van der Waals surface area contributed by atoms with Gasteiger partial charge < -0.3 is 5.32 Å². The van der Waals surface area contributed by atoms with Crippen LogP contribution >= 0.6 is 0 Å². The summed E-state index contributed by atoms with van der Waals surface area (Å²) < 4.78 is 24.2. The molecule has 0 aliphatic rings. The van der Waals surface area contributed by atoms with E-state index in [0.717, 1.165) is 5.56 Å². The number of nitrogens with one attached hydrogen (secondary N) is 1. The molecule has 0 saturated heterocycles. The van der Waals surface area contributed by atoms with E-state index in [1.54, 1.807) is 30.3 Å². The first kappa shape index (κ1) is 16.7. The van der Waals surface area contributed by atoms with Crippen LogP contribution in [-0.2, 0) is 20.4 Å². The lowest BCUT2D eigenvalue weighted by molar-refractivity contribution is -0.113. The lowest BCUT2D eigenvalue weighted by atomic mass is 10.2. The molecule has 5 nitrogen and oxygen atoms in total. The largest absolute Gasteiger partial charge is 0.325 e. The molecule has 1 amide bonds. The van der Waals surface area contributed by atoms with Gasteiger partial charge in [0.15, 0.2) is 9.84 Å². The van der Waals surface area contributed by atoms with Gasteiger partial charge in [0, 0.05) is 5.69 Å². The average Bonchev–Trinajstić information content (AvgIpc) is 2.48. The van der Waals surface area contributed by atoms with Crippen molar-refractivity contribution in [2.45, 2.75) is 12.7 Å². The molecule has 1 N–H and O–H groups in total. The Balaban J connectivity index is 2.01. The van der Waals surface area contributed by atoms with Crippen molar-refractivity contribution in [3.63, 3.8) is 0 Å². The second-order valence-electron chi connectivity index (χ2n) is 5.26. The van der Waals surface area contributed by atoms with Crippen LogP contribution in [0.15, 0.2) is 48.5 Å². The Kier molecular flexibility index (Phi) is 5.14. The van der Waals surface area contributed by atoms with Gasteiger partial charge in [-0.3, -0.25) is 4.79 Å². The molecule has 0 bridgehead atoms. The van der Waals surface area contributed by atoms with Gasteiger partial charge in [0.25, 0.3) is 0 Å². The first-order valence-electron chi connectivity index (χ1n) is 6.94. The fourth-order valence-electron chi connectivity index (χ4n) is 2.07. The standard InChI is InChI=1S/C17H16N2O3S/c1-13-5-7-16(8-6-13)19-17(20)12-23(21,22)11-15-4-2-3-14(9-15)10-18/h2-9H,11-12H2,1H3,(H,19,20). The quantitative estimate of drug-likeness (QED) is 0.913. The maximum Gasteiger partial charge on any atom is 0.239 e. The summed E-state index contributed by atoms with van der Waals surface area (Å²) in [6, 6.07) is 15.4. The number of nitrogens with zero attached hydrogens (tertiary/aromatic N) is 1. The molecule has 0 heterocycles. The number of sulfone groups is 1. The molecule has 0 unspecified atom stereocenters. The van der Waals surface area contributed by atoms with Crippen molar-refractivity contribution in [1.82, 2.24) is 0 Å². The van der Waals surface area contributed by atoms with Gasteiger partial charge in [-0.15, -0.1) is 0 Å². The van der Waals surface area contributed by atoms with Crippen molar-refractivity contribution >= 4 is 21.4 Å². The molecule has 0 spiro atoms. The van der Waals surface area contributed by atoms with Gasteiger partial charge >= 0.3 is 0 Å². The lowest BCUT2D eigenvalue weighted by Crippen LogP contribution is -2.23. The Morgan fingerprint density at radius 2 is 1.87 bits per heavy atom. The van der Waals surface area contributed by atoms with Crippen LogP contribution in [0.5, 0.6) is 0 Å². The minimum Gasteiger partial charge on any atom is -0.325 e. The number of aryl methyl sites for hydroxylation is 1. The van der Waals surface area contributed by atoms with Crippen molar-refractivity contribution in [1.29, 1.82) is 5.26 Å². The number of rotatable bonds is 5. The fourth-order valence-corrected chi connectivity index (χ4v) is 3.33. The molecular weight excluding hydrogens is 312 g/mol. The van der Waals surface area contributed by atoms with E-state index in [9.17, 15) is 13.2 Å². The normalized spacial score (nSPS) is 10.8. The molecule has 0 fully saturated rings. The first-order valence-corrected chi connectivity index (χ1v) is 8.76. The molecule has 118 valence electrons. The van der Waals surface area contributed by atoms with Gasteiger partial charge in [0.2, 0.25) is 5.91 Å². The highest BCUT2D eigenvalue weighted by Crippen LogP contribution is 2.11. The van der Waals surface area contributed by atoms with Gasteiger partial charge in [0.1, 0.15) is 5.75 Å². The Morgan fingerprint density at radius 3 is 2.52 bits per heavy atom. The predicted octanol–water partition coefficient (Wildman–Crippen LogP) is 2.42. The molecule has 0 radical (unpaired) electrons. The third-order valence-corrected chi connectivity index (χ3v) is 4.60. The van der Waals surface area contributed by atoms with Gasteiger partial charge in [-0.25, -0.2) is 8.42 Å². The summed E-state index contributed by atoms with van der Waals surface area (Å²) in [4.78, 5) is 11.9. The van der Waals surface area contributed by atoms with Crippen LogP contribution in [0.3, 0.4) is 0 Å². The minimum atomic E-state index is -3.61. The van der Waals surface area contributed by atoms with Crippen molar-refractivity contribution in [2.24, 2.45) is 0 Å². The second kappa shape index (κ2) is 7.07. The van der Waals surface area contributed by atoms with E-state index in [2.05, 4.69) is 5.32 Å². The highest BCUT2D eigenvalue weighted by atomic mass is 32.2. The van der Waals surface area contributed by atoms with Crippen molar-refractivity contribution < 1.29 is 13.2 Å². The van der Waals surface area contributed by atoms with Crippen LogP contribution in [0.2, 0.25) is 0 Å². The predicted molar refractivity (Wildman–Crippen MR) is 88.5 cm³/mol. The molecule has 2 aromatic rings. The van der Waals surface area contributed by atoms with E-state index < -0.39 is 21.5 Å². The zero-order valence-corrected chi connectivity index (χ0v) is 13.4. The number of nitriles is 1. The van der Waals surface area contributed by atoms with E-state index in [1.807, 2.05) is 25.1 Å². The minimum absolute atomic E-state index is 0.274. The molecule has 0 aromatic heterocycles. The van der Waals surface area contributed by atoms with Crippen molar-refractivity contribution in [3.8, 4) is 6.07 Å². The Hall–Kier alpha value is -2.65. The van der Waals surface area contributed by atoms with E-state index in [0.29, 0.717) is 16.8 Å². The lowest BCUT2D eigenvalue weighted by Gasteiger charge is -2.07. The first-order chi connectivity index (χ1) is 10.9. The van der Waals surface area contributed by atoms with Crippen LogP contribution in [0.4, 0.5) is 5.69 Å². The van der Waals surface area contributed by atoms with Crippen LogP contribution in [0.1, 0.15) is 16.7 Å². The number of anilines is 1. The maximum absolute atomic E-state index is 12.1. The van der Waals surface area contributed by atoms with E-state index in [4.69, 9.17) is 5.26 Å². The molecule has 0 atom stereocenters. The van der Waals surface area contributed by atoms with E-state index in [-0.39, 0.29) is 5.75 Å². The Bertz CT molecular complexity index is 850. The summed E-state index contributed by atoms with van der Waals surface area (Å²) in [6.45, 7) is 1.92. The van der Waals surface area contributed by atoms with Crippen LogP contribution < -0.4 is 5.32 Å². The van der Waals surface area contributed by atoms with Crippen LogP contribution in [0, 0.1) is 18.3 Å². The summed E-state index contributed by atoms with van der Waals surface area (Å²) >= 11 is 0. The van der Waals surface area contributed by atoms with Crippen molar-refractivity contribution in [3.05, 3.63) is 65.2 Å². The molecule has 23 heavy (non-hydrogen) atoms. The van der Waals surface area contributed by atoms with E-state index >= 15 is 0 Å². The second-order valence-corrected chi connectivity index (χ2v) is 7.32. The number of carbonyl (C=O) groups excluding carboxylic acids is 1. The zero-order chi connectivity index (χ0) is 16.9. The monoisotopic (exact) mass is 328 g/mol. The fraction of sp³-hybridized carbons (Fsp3) is 0.176. The average molecular weight is 328 g/mol. The topological polar surface area (TPSA) is 87.0 Å². The van der Waals surface area contributed by atoms with Gasteiger partial charge in [-0.2, -0.15) is 5.26 Å². The molecule has 0 saturated carbocycles. The number of carbonyl (C=O) groups is 1.